The second kappa shape index (κ2) is 12.8. The molecule has 0 aliphatic carbocycles. The summed E-state index contributed by atoms with van der Waals surface area (Å²) in [4.78, 5) is 29.9. The van der Waals surface area contributed by atoms with Crippen LogP contribution in [0.25, 0.3) is 22.3 Å². The van der Waals surface area contributed by atoms with E-state index in [4.69, 9.17) is 14.5 Å². The van der Waals surface area contributed by atoms with Crippen LogP contribution < -0.4 is 15.0 Å². The second-order valence-corrected chi connectivity index (χ2v) is 11.5. The van der Waals surface area contributed by atoms with Crippen LogP contribution in [0.2, 0.25) is 0 Å². The molecule has 0 radical (unpaired) electrons. The maximum Gasteiger partial charge on any atom is 0.335 e. The zero-order valence-corrected chi connectivity index (χ0v) is 26.3. The van der Waals surface area contributed by atoms with Crippen LogP contribution in [0.1, 0.15) is 52.4 Å². The largest absolute Gasteiger partial charge is 0.496 e. The molecule has 0 fully saturated rings. The predicted octanol–water partition coefficient (Wildman–Crippen LogP) is 7.27. The summed E-state index contributed by atoms with van der Waals surface area (Å²) in [5.74, 6) is 1.11. The van der Waals surface area contributed by atoms with Gasteiger partial charge in [0.25, 0.3) is 5.56 Å². The number of rotatable bonds is 9. The number of hydrogen-bond acceptors (Lipinski definition) is 6. The Labute approximate surface area is 262 Å². The van der Waals surface area contributed by atoms with E-state index in [-0.39, 0.29) is 23.6 Å². The van der Waals surface area contributed by atoms with E-state index >= 15 is 0 Å². The lowest BCUT2D eigenvalue weighted by atomic mass is 9.96. The van der Waals surface area contributed by atoms with Crippen molar-refractivity contribution >= 4 is 45.7 Å². The summed E-state index contributed by atoms with van der Waals surface area (Å²) in [5, 5.41) is 14.4. The Balaban J connectivity index is 1.51. The molecule has 1 aromatic heterocycles. The van der Waals surface area contributed by atoms with Crippen molar-refractivity contribution in [3.8, 4) is 22.9 Å². The predicted molar refractivity (Wildman–Crippen MR) is 177 cm³/mol. The van der Waals surface area contributed by atoms with Crippen molar-refractivity contribution in [3.63, 3.8) is 0 Å². The molecular weight excluding hydrogens is 657 g/mol. The molecule has 0 amide bonds. The molecule has 0 aliphatic rings. The Morgan fingerprint density at radius 2 is 1.84 bits per heavy atom. The van der Waals surface area contributed by atoms with E-state index in [1.807, 2.05) is 61.5 Å². The summed E-state index contributed by atoms with van der Waals surface area (Å²) in [5.41, 5.74) is 4.80. The van der Waals surface area contributed by atoms with Gasteiger partial charge in [-0.15, -0.1) is 0 Å². The summed E-state index contributed by atoms with van der Waals surface area (Å²) in [7, 11) is 1.66. The van der Waals surface area contributed by atoms with Crippen molar-refractivity contribution in [1.29, 1.82) is 0 Å². The number of benzene rings is 4. The molecule has 0 spiro atoms. The van der Waals surface area contributed by atoms with E-state index in [0.29, 0.717) is 22.5 Å². The lowest BCUT2D eigenvalue weighted by Gasteiger charge is -2.17. The van der Waals surface area contributed by atoms with E-state index in [0.717, 1.165) is 37.1 Å². The van der Waals surface area contributed by atoms with Gasteiger partial charge in [-0.25, -0.2) is 9.78 Å². The summed E-state index contributed by atoms with van der Waals surface area (Å²) < 4.78 is 13.8. The van der Waals surface area contributed by atoms with Gasteiger partial charge in [0.15, 0.2) is 5.82 Å². The zero-order chi connectivity index (χ0) is 30.7. The third-order valence-corrected chi connectivity index (χ3v) is 7.88. The molecule has 0 saturated heterocycles. The van der Waals surface area contributed by atoms with Crippen molar-refractivity contribution in [2.75, 3.05) is 7.11 Å². The molecule has 218 valence electrons. The number of halogens is 1. The molecule has 8 nitrogen and oxygen atoms in total. The number of ether oxygens (including phenoxy) is 2. The Morgan fingerprint density at radius 1 is 1.05 bits per heavy atom. The molecule has 5 aromatic rings. The highest BCUT2D eigenvalue weighted by Gasteiger charge is 2.18. The number of methoxy groups -OCH3 is 1. The number of para-hydroxylation sites is 1. The van der Waals surface area contributed by atoms with Gasteiger partial charge in [0, 0.05) is 5.56 Å². The van der Waals surface area contributed by atoms with Crippen LogP contribution in [-0.4, -0.2) is 34.1 Å². The highest BCUT2D eigenvalue weighted by molar-refractivity contribution is 14.1. The lowest BCUT2D eigenvalue weighted by Crippen LogP contribution is -2.20. The maximum absolute atomic E-state index is 13.7. The minimum Gasteiger partial charge on any atom is -0.496 e. The third kappa shape index (κ3) is 6.46. The van der Waals surface area contributed by atoms with E-state index in [2.05, 4.69) is 41.5 Å². The topological polar surface area (TPSA) is 103 Å². The molecule has 0 saturated carbocycles. The second-order valence-electron chi connectivity index (χ2n) is 10.4. The number of carbonyl (C=O) groups is 1. The van der Waals surface area contributed by atoms with Crippen molar-refractivity contribution in [2.45, 2.75) is 33.3 Å². The number of aryl methyl sites for hydroxylation is 1. The van der Waals surface area contributed by atoms with Gasteiger partial charge in [-0.05, 0) is 112 Å². The first-order valence-corrected chi connectivity index (χ1v) is 14.7. The van der Waals surface area contributed by atoms with Gasteiger partial charge >= 0.3 is 5.97 Å². The summed E-state index contributed by atoms with van der Waals surface area (Å²) in [6.45, 7) is 6.39. The summed E-state index contributed by atoms with van der Waals surface area (Å²) in [6.07, 6.45) is 1.63. The number of aromatic nitrogens is 2. The van der Waals surface area contributed by atoms with Crippen LogP contribution in [0.15, 0.2) is 88.8 Å². The Morgan fingerprint density at radius 3 is 2.56 bits per heavy atom. The standard InChI is InChI=1S/C34H30IN3O5/c1-20(2)26-17-27(21(3)14-31(26)42-4)32-37-29-11-6-5-10-25(29)33(39)38(32)36-18-22-12-13-30(28(35)16-22)43-19-23-8-7-9-24(15-23)34(40)41/h5-18,20H,19H2,1-4H3,(H,40,41). The van der Waals surface area contributed by atoms with Crippen molar-refractivity contribution in [2.24, 2.45) is 5.10 Å². The highest BCUT2D eigenvalue weighted by Crippen LogP contribution is 2.34. The van der Waals surface area contributed by atoms with Gasteiger partial charge in [-0.2, -0.15) is 9.78 Å². The number of carboxylic acid groups (broad SMARTS) is 1. The van der Waals surface area contributed by atoms with Gasteiger partial charge in [-0.1, -0.05) is 38.1 Å². The quantitative estimate of drug-likeness (QED) is 0.129. The van der Waals surface area contributed by atoms with Crippen LogP contribution in [0.4, 0.5) is 0 Å². The number of aromatic carboxylic acids is 1. The summed E-state index contributed by atoms with van der Waals surface area (Å²) in [6, 6.07) is 23.5. The van der Waals surface area contributed by atoms with Crippen LogP contribution in [0.3, 0.4) is 0 Å². The van der Waals surface area contributed by atoms with E-state index in [1.54, 1.807) is 37.6 Å². The highest BCUT2D eigenvalue weighted by atomic mass is 127. The number of hydrogen-bond donors (Lipinski definition) is 1. The first-order valence-electron chi connectivity index (χ1n) is 13.7. The van der Waals surface area contributed by atoms with Crippen LogP contribution in [-0.2, 0) is 6.61 Å². The van der Waals surface area contributed by atoms with Crippen LogP contribution >= 0.6 is 22.6 Å². The molecule has 1 heterocycles. The third-order valence-electron chi connectivity index (χ3n) is 7.04. The maximum atomic E-state index is 13.7. The normalized spacial score (nSPS) is 11.4. The Kier molecular flexibility index (Phi) is 8.91. The first-order chi connectivity index (χ1) is 20.7. The molecule has 0 unspecified atom stereocenters. The van der Waals surface area contributed by atoms with Gasteiger partial charge < -0.3 is 14.6 Å². The molecule has 5 rings (SSSR count). The van der Waals surface area contributed by atoms with Crippen molar-refractivity contribution < 1.29 is 19.4 Å². The van der Waals surface area contributed by atoms with Gasteiger partial charge in [0.2, 0.25) is 0 Å². The van der Waals surface area contributed by atoms with E-state index in [9.17, 15) is 14.7 Å². The molecule has 0 aliphatic heterocycles. The minimum absolute atomic E-state index is 0.197. The lowest BCUT2D eigenvalue weighted by molar-refractivity contribution is 0.0696. The first kappa shape index (κ1) is 30.0. The zero-order valence-electron chi connectivity index (χ0n) is 24.2. The SMILES string of the molecule is COc1cc(C)c(-c2nc3ccccc3c(=O)n2N=Cc2ccc(OCc3cccc(C(=O)O)c3)c(I)c2)cc1C(C)C. The Bertz CT molecular complexity index is 1930. The van der Waals surface area contributed by atoms with Crippen LogP contribution in [0.5, 0.6) is 11.5 Å². The average Bonchev–Trinajstić information content (AvgIpc) is 3.00. The van der Waals surface area contributed by atoms with Crippen molar-refractivity contribution in [3.05, 3.63) is 121 Å². The summed E-state index contributed by atoms with van der Waals surface area (Å²) >= 11 is 2.18. The fraction of sp³-hybridized carbons (Fsp3) is 0.176. The average molecular weight is 688 g/mol. The molecule has 1 N–H and O–H groups in total. The fourth-order valence-electron chi connectivity index (χ4n) is 4.77. The van der Waals surface area contributed by atoms with Gasteiger partial charge in [0.05, 0.1) is 33.4 Å². The monoisotopic (exact) mass is 687 g/mol. The molecule has 4 aromatic carbocycles. The molecule has 43 heavy (non-hydrogen) atoms. The minimum atomic E-state index is -0.980. The Hall–Kier alpha value is -4.51. The number of carboxylic acids is 1. The van der Waals surface area contributed by atoms with Gasteiger partial charge in [0.1, 0.15) is 18.1 Å². The van der Waals surface area contributed by atoms with Crippen LogP contribution in [0, 0.1) is 10.5 Å². The van der Waals surface area contributed by atoms with Crippen molar-refractivity contribution in [1.82, 2.24) is 9.66 Å². The van der Waals surface area contributed by atoms with Gasteiger partial charge in [-0.3, -0.25) is 4.79 Å². The van der Waals surface area contributed by atoms with E-state index in [1.165, 1.54) is 4.68 Å². The smallest absolute Gasteiger partial charge is 0.335 e. The molecular formula is C34H30IN3O5. The van der Waals surface area contributed by atoms with E-state index < -0.39 is 5.97 Å². The number of fused-ring (bicyclic) bond motifs is 1. The number of nitrogens with zero attached hydrogens (tertiary/aromatic N) is 3. The molecule has 0 bridgehead atoms. The molecule has 0 atom stereocenters. The fourth-order valence-corrected chi connectivity index (χ4v) is 5.46. The molecule has 9 heteroatoms.